The first-order chi connectivity index (χ1) is 7.16. The third-order valence-electron chi connectivity index (χ3n) is 1.97. The highest BCUT2D eigenvalue weighted by Gasteiger charge is 2.05. The molecule has 0 atom stereocenters. The zero-order valence-electron chi connectivity index (χ0n) is 7.81. The van der Waals surface area contributed by atoms with E-state index < -0.39 is 0 Å². The van der Waals surface area contributed by atoms with Crippen molar-refractivity contribution in [2.45, 2.75) is 0 Å². The van der Waals surface area contributed by atoms with E-state index in [1.54, 1.807) is 6.20 Å². The molecule has 1 aromatic heterocycles. The number of nitrogens with zero attached hydrogens (tertiary/aromatic N) is 2. The Morgan fingerprint density at radius 2 is 2.00 bits per heavy atom. The molecule has 0 saturated heterocycles. The molecular weight excluding hydrogens is 256 g/mol. The Morgan fingerprint density at radius 3 is 2.67 bits per heavy atom. The highest BCUT2D eigenvalue weighted by Crippen LogP contribution is 2.26. The van der Waals surface area contributed by atoms with Gasteiger partial charge in [-0.25, -0.2) is 4.98 Å². The van der Waals surface area contributed by atoms with Crippen LogP contribution in [-0.2, 0) is 0 Å². The van der Waals surface area contributed by atoms with Gasteiger partial charge >= 0.3 is 0 Å². The quantitative estimate of drug-likeness (QED) is 0.827. The monoisotopic (exact) mass is 264 g/mol. The predicted molar refractivity (Wildman–Crippen MR) is 64.0 cm³/mol. The van der Waals surface area contributed by atoms with Crippen LogP contribution in [0, 0.1) is 0 Å². The third-order valence-corrected chi connectivity index (χ3v) is 2.47. The van der Waals surface area contributed by atoms with Gasteiger partial charge in [0.1, 0.15) is 5.82 Å². The number of hydrogen-bond donors (Lipinski definition) is 2. The maximum atomic E-state index is 5.76. The molecule has 0 aliphatic carbocycles. The molecule has 0 saturated carbocycles. The SMILES string of the molecule is Nc1ncc(-c2cccc(Br)c2)c(N)n1. The Bertz CT molecular complexity index is 499. The molecule has 0 aliphatic heterocycles. The summed E-state index contributed by atoms with van der Waals surface area (Å²) in [4.78, 5) is 7.83. The average molecular weight is 265 g/mol. The zero-order valence-corrected chi connectivity index (χ0v) is 9.40. The second-order valence-electron chi connectivity index (χ2n) is 3.04. The van der Waals surface area contributed by atoms with Crippen LogP contribution in [0.1, 0.15) is 0 Å². The Labute approximate surface area is 95.5 Å². The van der Waals surface area contributed by atoms with E-state index in [0.29, 0.717) is 5.82 Å². The average Bonchev–Trinajstić information content (AvgIpc) is 2.17. The van der Waals surface area contributed by atoms with Crippen LogP contribution in [0.3, 0.4) is 0 Å². The maximum Gasteiger partial charge on any atom is 0.221 e. The minimum absolute atomic E-state index is 0.186. The number of hydrogen-bond acceptors (Lipinski definition) is 4. The molecule has 4 nitrogen and oxygen atoms in total. The summed E-state index contributed by atoms with van der Waals surface area (Å²) in [7, 11) is 0. The molecule has 4 N–H and O–H groups in total. The summed E-state index contributed by atoms with van der Waals surface area (Å²) >= 11 is 3.39. The summed E-state index contributed by atoms with van der Waals surface area (Å²) in [6, 6.07) is 7.76. The van der Waals surface area contributed by atoms with Gasteiger partial charge in [0.25, 0.3) is 0 Å². The van der Waals surface area contributed by atoms with Crippen molar-refractivity contribution < 1.29 is 0 Å². The molecule has 1 aromatic carbocycles. The van der Waals surface area contributed by atoms with Gasteiger partial charge in [-0.1, -0.05) is 28.1 Å². The minimum atomic E-state index is 0.186. The second kappa shape index (κ2) is 3.86. The van der Waals surface area contributed by atoms with Gasteiger partial charge in [-0.3, -0.25) is 0 Å². The van der Waals surface area contributed by atoms with Gasteiger partial charge in [-0.2, -0.15) is 4.98 Å². The van der Waals surface area contributed by atoms with Gasteiger partial charge in [-0.15, -0.1) is 0 Å². The van der Waals surface area contributed by atoms with Crippen LogP contribution in [-0.4, -0.2) is 9.97 Å². The van der Waals surface area contributed by atoms with Crippen LogP contribution in [0.2, 0.25) is 0 Å². The molecule has 2 aromatic rings. The van der Waals surface area contributed by atoms with E-state index in [1.807, 2.05) is 24.3 Å². The normalized spacial score (nSPS) is 10.2. The zero-order chi connectivity index (χ0) is 10.8. The second-order valence-corrected chi connectivity index (χ2v) is 3.95. The Morgan fingerprint density at radius 1 is 1.20 bits per heavy atom. The molecule has 0 fully saturated rings. The van der Waals surface area contributed by atoms with E-state index in [4.69, 9.17) is 11.5 Å². The minimum Gasteiger partial charge on any atom is -0.383 e. The molecule has 0 unspecified atom stereocenters. The lowest BCUT2D eigenvalue weighted by molar-refractivity contribution is 1.20. The van der Waals surface area contributed by atoms with Crippen molar-refractivity contribution in [2.24, 2.45) is 0 Å². The van der Waals surface area contributed by atoms with Gasteiger partial charge < -0.3 is 11.5 Å². The summed E-state index contributed by atoms with van der Waals surface area (Å²) in [5, 5.41) is 0. The Kier molecular flexibility index (Phi) is 2.55. The topological polar surface area (TPSA) is 77.8 Å². The van der Waals surface area contributed by atoms with Crippen LogP contribution < -0.4 is 11.5 Å². The van der Waals surface area contributed by atoms with Gasteiger partial charge in [0.15, 0.2) is 0 Å². The number of rotatable bonds is 1. The van der Waals surface area contributed by atoms with Crippen molar-refractivity contribution in [2.75, 3.05) is 11.5 Å². The molecule has 0 bridgehead atoms. The molecular formula is C10H9BrN4. The van der Waals surface area contributed by atoms with Crippen molar-refractivity contribution in [3.63, 3.8) is 0 Å². The Hall–Kier alpha value is -1.62. The highest BCUT2D eigenvalue weighted by molar-refractivity contribution is 9.10. The largest absolute Gasteiger partial charge is 0.383 e. The van der Waals surface area contributed by atoms with Crippen molar-refractivity contribution in [1.29, 1.82) is 0 Å². The summed E-state index contributed by atoms with van der Waals surface area (Å²) in [5.41, 5.74) is 12.9. The Balaban J connectivity index is 2.54. The lowest BCUT2D eigenvalue weighted by Gasteiger charge is -2.05. The number of nitrogen functional groups attached to an aromatic ring is 2. The van der Waals surface area contributed by atoms with Crippen molar-refractivity contribution >= 4 is 27.7 Å². The summed E-state index contributed by atoms with van der Waals surface area (Å²) in [6.07, 6.45) is 1.62. The standard InChI is InChI=1S/C10H9BrN4/c11-7-3-1-2-6(4-7)8-5-14-10(13)15-9(8)12/h1-5H,(H4,12,13,14,15). The van der Waals surface area contributed by atoms with E-state index in [9.17, 15) is 0 Å². The van der Waals surface area contributed by atoms with Crippen LogP contribution in [0.25, 0.3) is 11.1 Å². The molecule has 0 radical (unpaired) electrons. The number of benzene rings is 1. The lowest BCUT2D eigenvalue weighted by atomic mass is 10.1. The first-order valence-electron chi connectivity index (χ1n) is 4.31. The van der Waals surface area contributed by atoms with Crippen LogP contribution >= 0.6 is 15.9 Å². The number of halogens is 1. The fraction of sp³-hybridized carbons (Fsp3) is 0. The lowest BCUT2D eigenvalue weighted by Crippen LogP contribution is -2.00. The van der Waals surface area contributed by atoms with Crippen LogP contribution in [0.15, 0.2) is 34.9 Å². The van der Waals surface area contributed by atoms with Crippen LogP contribution in [0.4, 0.5) is 11.8 Å². The van der Waals surface area contributed by atoms with Gasteiger partial charge in [-0.05, 0) is 17.7 Å². The number of nitrogens with two attached hydrogens (primary N) is 2. The van der Waals surface area contributed by atoms with E-state index in [0.717, 1.165) is 15.6 Å². The van der Waals surface area contributed by atoms with E-state index in [1.165, 1.54) is 0 Å². The summed E-state index contributed by atoms with van der Waals surface area (Å²) in [5.74, 6) is 0.576. The van der Waals surface area contributed by atoms with Gasteiger partial charge in [0.05, 0.1) is 0 Å². The molecule has 1 heterocycles. The van der Waals surface area contributed by atoms with E-state index in [-0.39, 0.29) is 5.95 Å². The molecule has 2 rings (SSSR count). The highest BCUT2D eigenvalue weighted by atomic mass is 79.9. The summed E-state index contributed by atoms with van der Waals surface area (Å²) in [6.45, 7) is 0. The molecule has 15 heavy (non-hydrogen) atoms. The first kappa shape index (κ1) is 9.92. The molecule has 0 spiro atoms. The van der Waals surface area contributed by atoms with Crippen molar-refractivity contribution in [3.8, 4) is 11.1 Å². The molecule has 76 valence electrons. The summed E-state index contributed by atoms with van der Waals surface area (Å²) < 4.78 is 0.983. The fourth-order valence-corrected chi connectivity index (χ4v) is 1.69. The van der Waals surface area contributed by atoms with E-state index in [2.05, 4.69) is 25.9 Å². The predicted octanol–water partition coefficient (Wildman–Crippen LogP) is 2.07. The molecule has 0 aliphatic rings. The smallest absolute Gasteiger partial charge is 0.221 e. The van der Waals surface area contributed by atoms with Gasteiger partial charge in [0.2, 0.25) is 5.95 Å². The number of aromatic nitrogens is 2. The molecule has 5 heteroatoms. The first-order valence-corrected chi connectivity index (χ1v) is 5.10. The molecule has 0 amide bonds. The van der Waals surface area contributed by atoms with Gasteiger partial charge in [0, 0.05) is 16.2 Å². The third kappa shape index (κ3) is 2.07. The van der Waals surface area contributed by atoms with Crippen molar-refractivity contribution in [1.82, 2.24) is 9.97 Å². The fourth-order valence-electron chi connectivity index (χ4n) is 1.29. The van der Waals surface area contributed by atoms with E-state index >= 15 is 0 Å². The number of anilines is 2. The maximum absolute atomic E-state index is 5.76. The van der Waals surface area contributed by atoms with Crippen LogP contribution in [0.5, 0.6) is 0 Å². The van der Waals surface area contributed by atoms with Crippen molar-refractivity contribution in [3.05, 3.63) is 34.9 Å².